The first-order valence-corrected chi connectivity index (χ1v) is 10.5. The second-order valence-electron chi connectivity index (χ2n) is 7.61. The van der Waals surface area contributed by atoms with Crippen molar-refractivity contribution in [3.63, 3.8) is 0 Å². The average molecular weight is 422 g/mol. The highest BCUT2D eigenvalue weighted by Crippen LogP contribution is 2.42. The van der Waals surface area contributed by atoms with E-state index in [2.05, 4.69) is 4.37 Å². The molecule has 2 aromatic heterocycles. The number of H-pyrrole nitrogens is 1. The first-order chi connectivity index (χ1) is 14.0. The molecule has 29 heavy (non-hydrogen) atoms. The quantitative estimate of drug-likeness (QED) is 0.668. The van der Waals surface area contributed by atoms with Gasteiger partial charge >= 0.3 is 0 Å². The molecule has 7 nitrogen and oxygen atoms in total. The van der Waals surface area contributed by atoms with Gasteiger partial charge in [-0.3, -0.25) is 18.9 Å². The summed E-state index contributed by atoms with van der Waals surface area (Å²) in [6.07, 6.45) is 1.65. The maximum atomic E-state index is 15.7. The highest BCUT2D eigenvalue weighted by Gasteiger charge is 2.32. The van der Waals surface area contributed by atoms with Crippen LogP contribution in [-0.4, -0.2) is 58.3 Å². The Morgan fingerprint density at radius 3 is 2.55 bits per heavy atom. The van der Waals surface area contributed by atoms with E-state index in [0.717, 1.165) is 30.4 Å². The molecule has 2 fully saturated rings. The van der Waals surface area contributed by atoms with Gasteiger partial charge in [0.1, 0.15) is 21.7 Å². The number of aliphatic hydroxyl groups is 1. The van der Waals surface area contributed by atoms with Crippen LogP contribution in [0.15, 0.2) is 15.7 Å². The van der Waals surface area contributed by atoms with Crippen molar-refractivity contribution in [3.05, 3.63) is 38.3 Å². The number of anilines is 1. The Morgan fingerprint density at radius 2 is 1.90 bits per heavy atom. The van der Waals surface area contributed by atoms with Crippen molar-refractivity contribution in [2.45, 2.75) is 18.9 Å². The normalized spacial score (nSPS) is 18.2. The lowest BCUT2D eigenvalue weighted by Gasteiger charge is -2.36. The molecule has 2 N–H and O–H groups in total. The number of benzene rings is 1. The fourth-order valence-electron chi connectivity index (χ4n) is 4.21. The van der Waals surface area contributed by atoms with Crippen LogP contribution in [0, 0.1) is 11.6 Å². The van der Waals surface area contributed by atoms with Crippen LogP contribution in [0.2, 0.25) is 0 Å². The predicted molar refractivity (Wildman–Crippen MR) is 108 cm³/mol. The van der Waals surface area contributed by atoms with Crippen molar-refractivity contribution in [1.29, 1.82) is 0 Å². The topological polar surface area (TPSA) is 81.6 Å². The third-order valence-electron chi connectivity index (χ3n) is 5.80. The number of aromatic amines is 1. The molecule has 2 aliphatic rings. The third kappa shape index (κ3) is 2.89. The molecule has 1 aliphatic carbocycles. The summed E-state index contributed by atoms with van der Waals surface area (Å²) in [7, 11) is 0. The van der Waals surface area contributed by atoms with E-state index in [0.29, 0.717) is 37.6 Å². The Hall–Kier alpha value is -2.30. The van der Waals surface area contributed by atoms with E-state index in [1.807, 2.05) is 4.90 Å². The summed E-state index contributed by atoms with van der Waals surface area (Å²) in [6, 6.07) is 1.08. The van der Waals surface area contributed by atoms with Crippen LogP contribution >= 0.6 is 11.5 Å². The summed E-state index contributed by atoms with van der Waals surface area (Å²) in [4.78, 5) is 29.1. The van der Waals surface area contributed by atoms with E-state index in [-0.39, 0.29) is 34.6 Å². The summed E-state index contributed by atoms with van der Waals surface area (Å²) < 4.78 is 35.0. The van der Waals surface area contributed by atoms with Crippen molar-refractivity contribution in [3.8, 4) is 0 Å². The van der Waals surface area contributed by atoms with Crippen molar-refractivity contribution in [2.24, 2.45) is 0 Å². The Morgan fingerprint density at radius 1 is 1.17 bits per heavy atom. The van der Waals surface area contributed by atoms with Gasteiger partial charge in [-0.1, -0.05) is 0 Å². The number of halogens is 2. The monoisotopic (exact) mass is 422 g/mol. The zero-order valence-electron chi connectivity index (χ0n) is 15.6. The second kappa shape index (κ2) is 6.89. The van der Waals surface area contributed by atoms with E-state index >= 15 is 4.39 Å². The molecule has 0 amide bonds. The molecule has 1 saturated heterocycles. The maximum Gasteiger partial charge on any atom is 0.271 e. The number of pyridine rings is 1. The second-order valence-corrected chi connectivity index (χ2v) is 8.41. The molecule has 0 unspecified atom stereocenters. The van der Waals surface area contributed by atoms with Crippen LogP contribution in [0.5, 0.6) is 0 Å². The summed E-state index contributed by atoms with van der Waals surface area (Å²) in [5.74, 6) is -1.54. The lowest BCUT2D eigenvalue weighted by atomic mass is 10.1. The minimum Gasteiger partial charge on any atom is -0.395 e. The zero-order valence-corrected chi connectivity index (χ0v) is 16.4. The van der Waals surface area contributed by atoms with Gasteiger partial charge in [0.15, 0.2) is 5.82 Å². The number of aliphatic hydroxyl groups excluding tert-OH is 1. The standard InChI is InChI=1S/C19H20F2N4O3S/c20-12-9-11-15(14(21)16(12)24-5-3-23(4-6-24)7-8-26)25(10-1-2-10)19-13(17(11)27)18(28)22-29-19/h9-10,26H,1-8H2,(H,22,28). The average Bonchev–Trinajstić information content (AvgIpc) is 3.46. The van der Waals surface area contributed by atoms with Crippen molar-refractivity contribution in [1.82, 2.24) is 13.8 Å². The summed E-state index contributed by atoms with van der Waals surface area (Å²) >= 11 is 1.02. The van der Waals surface area contributed by atoms with Gasteiger partial charge in [0.25, 0.3) is 5.56 Å². The minimum absolute atomic E-state index is 0.00117. The molecule has 1 aliphatic heterocycles. The van der Waals surface area contributed by atoms with Gasteiger partial charge in [0.05, 0.1) is 17.5 Å². The van der Waals surface area contributed by atoms with Crippen LogP contribution in [0.25, 0.3) is 21.1 Å². The van der Waals surface area contributed by atoms with Gasteiger partial charge in [-0.15, -0.1) is 0 Å². The predicted octanol–water partition coefficient (Wildman–Crippen LogP) is 1.63. The Balaban J connectivity index is 1.72. The molecule has 1 saturated carbocycles. The van der Waals surface area contributed by atoms with Gasteiger partial charge < -0.3 is 14.6 Å². The number of rotatable bonds is 4. The number of nitrogens with one attached hydrogen (secondary N) is 1. The molecular formula is C19H20F2N4O3S. The van der Waals surface area contributed by atoms with Crippen LogP contribution in [0.1, 0.15) is 18.9 Å². The Bertz CT molecular complexity index is 1220. The number of β-amino-alcohol motifs (C(OH)–C–C–N with tert-alkyl or cyclic N) is 1. The van der Waals surface area contributed by atoms with Crippen molar-refractivity contribution >= 4 is 38.3 Å². The van der Waals surface area contributed by atoms with Gasteiger partial charge in [-0.2, -0.15) is 0 Å². The molecule has 3 aromatic rings. The number of piperazine rings is 1. The van der Waals surface area contributed by atoms with Crippen LogP contribution < -0.4 is 15.9 Å². The van der Waals surface area contributed by atoms with Gasteiger partial charge in [0.2, 0.25) is 5.43 Å². The lowest BCUT2D eigenvalue weighted by molar-refractivity contribution is 0.188. The summed E-state index contributed by atoms with van der Waals surface area (Å²) in [6.45, 7) is 2.60. The lowest BCUT2D eigenvalue weighted by Crippen LogP contribution is -2.47. The molecule has 0 radical (unpaired) electrons. The largest absolute Gasteiger partial charge is 0.395 e. The molecule has 3 heterocycles. The fraction of sp³-hybridized carbons (Fsp3) is 0.474. The molecule has 0 bridgehead atoms. The van der Waals surface area contributed by atoms with Crippen molar-refractivity contribution in [2.75, 3.05) is 44.2 Å². The third-order valence-corrected chi connectivity index (χ3v) is 6.68. The van der Waals surface area contributed by atoms with Gasteiger partial charge in [-0.25, -0.2) is 8.78 Å². The van der Waals surface area contributed by atoms with E-state index in [9.17, 15) is 14.0 Å². The summed E-state index contributed by atoms with van der Waals surface area (Å²) in [5, 5.41) is 8.96. The smallest absolute Gasteiger partial charge is 0.271 e. The number of aromatic nitrogens is 2. The SMILES string of the molecule is O=c1[nH]sc2c1c(=O)c1cc(F)c(N3CCN(CCO)CC3)c(F)c1n2C1CC1. The number of hydrogen-bond donors (Lipinski definition) is 2. The van der Waals surface area contributed by atoms with E-state index in [1.54, 1.807) is 9.47 Å². The molecule has 0 spiro atoms. The van der Waals surface area contributed by atoms with Gasteiger partial charge in [-0.05, 0) is 30.4 Å². The van der Waals surface area contributed by atoms with Gasteiger partial charge in [0, 0.05) is 38.8 Å². The maximum absolute atomic E-state index is 15.7. The molecule has 1 aromatic carbocycles. The van der Waals surface area contributed by atoms with Crippen LogP contribution in [-0.2, 0) is 0 Å². The highest BCUT2D eigenvalue weighted by molar-refractivity contribution is 7.12. The first kappa shape index (κ1) is 18.7. The zero-order chi connectivity index (χ0) is 20.3. The van der Waals surface area contributed by atoms with E-state index in [1.165, 1.54) is 0 Å². The van der Waals surface area contributed by atoms with E-state index in [4.69, 9.17) is 5.11 Å². The molecular weight excluding hydrogens is 402 g/mol. The molecule has 5 rings (SSSR count). The minimum atomic E-state index is -0.795. The highest BCUT2D eigenvalue weighted by atomic mass is 32.1. The molecule has 154 valence electrons. The van der Waals surface area contributed by atoms with Crippen molar-refractivity contribution < 1.29 is 13.9 Å². The summed E-state index contributed by atoms with van der Waals surface area (Å²) in [5.41, 5.74) is -1.20. The van der Waals surface area contributed by atoms with E-state index < -0.39 is 22.6 Å². The number of hydrogen-bond acceptors (Lipinski definition) is 6. The fourth-order valence-corrected chi connectivity index (χ4v) is 5.13. The number of nitrogens with zero attached hydrogens (tertiary/aromatic N) is 3. The molecule has 10 heteroatoms. The Kier molecular flexibility index (Phi) is 4.45. The van der Waals surface area contributed by atoms with Crippen LogP contribution in [0.4, 0.5) is 14.5 Å². The Labute approximate surface area is 167 Å². The first-order valence-electron chi connectivity index (χ1n) is 9.66. The molecule has 0 atom stereocenters. The number of fused-ring (bicyclic) bond motifs is 2. The van der Waals surface area contributed by atoms with Crippen LogP contribution in [0.3, 0.4) is 0 Å².